The predicted molar refractivity (Wildman–Crippen MR) is 96.0 cm³/mol. The van der Waals surface area contributed by atoms with E-state index in [1.807, 2.05) is 68.1 Å². The summed E-state index contributed by atoms with van der Waals surface area (Å²) in [5, 5.41) is 0. The van der Waals surface area contributed by atoms with Gasteiger partial charge in [0.2, 0.25) is 5.91 Å². The van der Waals surface area contributed by atoms with Gasteiger partial charge in [-0.3, -0.25) is 4.79 Å². The summed E-state index contributed by atoms with van der Waals surface area (Å²) in [6.45, 7) is 7.16. The minimum Gasteiger partial charge on any atom is -0.494 e. The maximum absolute atomic E-state index is 12.9. The molecule has 3 nitrogen and oxygen atoms in total. The Labute approximate surface area is 145 Å². The third kappa shape index (κ3) is 2.88. The summed E-state index contributed by atoms with van der Waals surface area (Å²) in [5.41, 5.74) is 2.67. The lowest BCUT2D eigenvalue weighted by Crippen LogP contribution is -2.35. The van der Waals surface area contributed by atoms with Gasteiger partial charge in [-0.25, -0.2) is 0 Å². The lowest BCUT2D eigenvalue weighted by molar-refractivity contribution is -0.122. The number of anilines is 1. The summed E-state index contributed by atoms with van der Waals surface area (Å²) in [6.07, 6.45) is 0. The highest BCUT2D eigenvalue weighted by Crippen LogP contribution is 2.43. The first-order valence-electron chi connectivity index (χ1n) is 7.77. The first-order chi connectivity index (χ1) is 10.9. The van der Waals surface area contributed by atoms with E-state index in [9.17, 15) is 4.79 Å². The lowest BCUT2D eigenvalue weighted by Gasteiger charge is -2.20. The van der Waals surface area contributed by atoms with Gasteiger partial charge < -0.3 is 9.64 Å². The minimum absolute atomic E-state index is 0.138. The maximum Gasteiger partial charge on any atom is 0.237 e. The van der Waals surface area contributed by atoms with Gasteiger partial charge in [0.1, 0.15) is 5.75 Å². The summed E-state index contributed by atoms with van der Waals surface area (Å²) in [5.74, 6) is 0.993. The quantitative estimate of drug-likeness (QED) is 0.778. The summed E-state index contributed by atoms with van der Waals surface area (Å²) < 4.78 is 6.45. The van der Waals surface area contributed by atoms with Gasteiger partial charge in [-0.05, 0) is 56.2 Å². The molecule has 1 amide bonds. The highest BCUT2D eigenvalue weighted by molar-refractivity contribution is 9.10. The van der Waals surface area contributed by atoms with Crippen LogP contribution in [0.15, 0.2) is 46.9 Å². The van der Waals surface area contributed by atoms with Crippen molar-refractivity contribution in [3.63, 3.8) is 0 Å². The van der Waals surface area contributed by atoms with Gasteiger partial charge in [-0.15, -0.1) is 0 Å². The van der Waals surface area contributed by atoms with Gasteiger partial charge in [0, 0.05) is 10.2 Å². The Morgan fingerprint density at radius 2 is 1.83 bits per heavy atom. The summed E-state index contributed by atoms with van der Waals surface area (Å²) >= 11 is 3.51. The second-order valence-electron chi connectivity index (χ2n) is 6.25. The SMILES string of the molecule is CCOc1ccc(CN2C(=O)C(C)(C)c3ccc(Br)cc32)cc1. The fourth-order valence-electron chi connectivity index (χ4n) is 3.02. The van der Waals surface area contributed by atoms with Crippen LogP contribution in [0.1, 0.15) is 31.9 Å². The summed E-state index contributed by atoms with van der Waals surface area (Å²) in [4.78, 5) is 14.7. The second kappa shape index (κ2) is 6.00. The average molecular weight is 374 g/mol. The van der Waals surface area contributed by atoms with Crippen LogP contribution in [0.5, 0.6) is 5.75 Å². The molecule has 0 fully saturated rings. The molecule has 0 saturated carbocycles. The van der Waals surface area contributed by atoms with E-state index >= 15 is 0 Å². The van der Waals surface area contributed by atoms with Crippen molar-refractivity contribution in [2.45, 2.75) is 32.7 Å². The van der Waals surface area contributed by atoms with E-state index in [2.05, 4.69) is 15.9 Å². The zero-order valence-corrected chi connectivity index (χ0v) is 15.2. The van der Waals surface area contributed by atoms with Crippen LogP contribution in [0.4, 0.5) is 5.69 Å². The van der Waals surface area contributed by atoms with Crippen molar-refractivity contribution in [1.82, 2.24) is 0 Å². The number of carbonyl (C=O) groups excluding carboxylic acids is 1. The van der Waals surface area contributed by atoms with Gasteiger partial charge >= 0.3 is 0 Å². The number of carbonyl (C=O) groups is 1. The number of nitrogens with zero attached hydrogens (tertiary/aromatic N) is 1. The van der Waals surface area contributed by atoms with Crippen LogP contribution < -0.4 is 9.64 Å². The molecule has 0 radical (unpaired) electrons. The molecular formula is C19H20BrNO2. The van der Waals surface area contributed by atoms with Crippen molar-refractivity contribution in [3.05, 3.63) is 58.1 Å². The number of benzene rings is 2. The van der Waals surface area contributed by atoms with E-state index in [1.54, 1.807) is 0 Å². The molecule has 0 unspecified atom stereocenters. The molecule has 0 spiro atoms. The van der Waals surface area contributed by atoms with Crippen LogP contribution in [0, 0.1) is 0 Å². The van der Waals surface area contributed by atoms with Crippen molar-refractivity contribution >= 4 is 27.5 Å². The molecule has 0 bridgehead atoms. The molecule has 0 atom stereocenters. The van der Waals surface area contributed by atoms with Gasteiger partial charge in [0.25, 0.3) is 0 Å². The Hall–Kier alpha value is -1.81. The van der Waals surface area contributed by atoms with E-state index in [-0.39, 0.29) is 5.91 Å². The molecule has 0 aromatic heterocycles. The monoisotopic (exact) mass is 373 g/mol. The van der Waals surface area contributed by atoms with Crippen molar-refractivity contribution in [3.8, 4) is 5.75 Å². The van der Waals surface area contributed by atoms with Gasteiger partial charge in [0.15, 0.2) is 0 Å². The zero-order chi connectivity index (χ0) is 16.6. The number of hydrogen-bond donors (Lipinski definition) is 0. The van der Waals surface area contributed by atoms with Crippen molar-refractivity contribution < 1.29 is 9.53 Å². The summed E-state index contributed by atoms with van der Waals surface area (Å²) in [7, 11) is 0. The van der Waals surface area contributed by atoms with Gasteiger partial charge in [-0.1, -0.05) is 34.1 Å². The number of fused-ring (bicyclic) bond motifs is 1. The topological polar surface area (TPSA) is 29.5 Å². The number of amides is 1. The molecule has 4 heteroatoms. The molecule has 2 aromatic rings. The average Bonchev–Trinajstić information content (AvgIpc) is 2.70. The minimum atomic E-state index is -0.485. The van der Waals surface area contributed by atoms with Crippen LogP contribution in [0.3, 0.4) is 0 Å². The molecule has 1 aliphatic rings. The number of rotatable bonds is 4. The first kappa shape index (κ1) is 16.1. The normalized spacial score (nSPS) is 15.7. The largest absolute Gasteiger partial charge is 0.494 e. The molecule has 120 valence electrons. The zero-order valence-electron chi connectivity index (χ0n) is 13.6. The molecule has 2 aromatic carbocycles. The van der Waals surface area contributed by atoms with Crippen LogP contribution in [-0.4, -0.2) is 12.5 Å². The van der Waals surface area contributed by atoms with Crippen molar-refractivity contribution in [2.75, 3.05) is 11.5 Å². The highest BCUT2D eigenvalue weighted by Gasteiger charge is 2.43. The standard InChI is InChI=1S/C19H20BrNO2/c1-4-23-15-8-5-13(6-9-15)12-21-17-11-14(20)7-10-16(17)19(2,3)18(21)22/h5-11H,4,12H2,1-3H3. The molecular weight excluding hydrogens is 354 g/mol. The first-order valence-corrected chi connectivity index (χ1v) is 8.56. The fourth-order valence-corrected chi connectivity index (χ4v) is 3.36. The molecule has 0 N–H and O–H groups in total. The Bertz CT molecular complexity index is 738. The van der Waals surface area contributed by atoms with Crippen LogP contribution in [0.2, 0.25) is 0 Å². The maximum atomic E-state index is 12.9. The smallest absolute Gasteiger partial charge is 0.237 e. The van der Waals surface area contributed by atoms with E-state index in [0.717, 1.165) is 27.0 Å². The third-order valence-corrected chi connectivity index (χ3v) is 4.77. The second-order valence-corrected chi connectivity index (χ2v) is 7.17. The number of hydrogen-bond acceptors (Lipinski definition) is 2. The van der Waals surface area contributed by atoms with Crippen molar-refractivity contribution in [2.24, 2.45) is 0 Å². The number of ether oxygens (including phenoxy) is 1. The predicted octanol–water partition coefficient (Wildman–Crippen LogP) is 4.67. The Kier molecular flexibility index (Phi) is 4.19. The molecule has 0 aliphatic carbocycles. The van der Waals surface area contributed by atoms with Crippen LogP contribution in [0.25, 0.3) is 0 Å². The van der Waals surface area contributed by atoms with Gasteiger partial charge in [0.05, 0.1) is 18.6 Å². The molecule has 1 heterocycles. The molecule has 0 saturated heterocycles. The fraction of sp³-hybridized carbons (Fsp3) is 0.316. The molecule has 23 heavy (non-hydrogen) atoms. The number of halogens is 1. The van der Waals surface area contributed by atoms with E-state index in [0.29, 0.717) is 13.2 Å². The Morgan fingerprint density at radius 3 is 2.48 bits per heavy atom. The third-order valence-electron chi connectivity index (χ3n) is 4.28. The van der Waals surface area contributed by atoms with Crippen LogP contribution in [-0.2, 0) is 16.8 Å². The molecule has 1 aliphatic heterocycles. The highest BCUT2D eigenvalue weighted by atomic mass is 79.9. The molecule has 3 rings (SSSR count). The van der Waals surface area contributed by atoms with E-state index in [4.69, 9.17) is 4.74 Å². The Balaban J connectivity index is 1.91. The van der Waals surface area contributed by atoms with Crippen LogP contribution >= 0.6 is 15.9 Å². The lowest BCUT2D eigenvalue weighted by atomic mass is 9.86. The van der Waals surface area contributed by atoms with Crippen molar-refractivity contribution in [1.29, 1.82) is 0 Å². The Morgan fingerprint density at radius 1 is 1.13 bits per heavy atom. The summed E-state index contributed by atoms with van der Waals surface area (Å²) in [6, 6.07) is 14.0. The van der Waals surface area contributed by atoms with Gasteiger partial charge in [-0.2, -0.15) is 0 Å². The van der Waals surface area contributed by atoms with E-state index in [1.165, 1.54) is 0 Å². The van der Waals surface area contributed by atoms with E-state index < -0.39 is 5.41 Å².